The molecule has 0 radical (unpaired) electrons. The molecule has 0 saturated carbocycles. The van der Waals surface area contributed by atoms with E-state index in [0.29, 0.717) is 17.0 Å². The monoisotopic (exact) mass is 305 g/mol. The average Bonchev–Trinajstić information content (AvgIpc) is 2.49. The second kappa shape index (κ2) is 6.70. The number of halogens is 1. The smallest absolute Gasteiger partial charge is 0.274 e. The number of rotatable bonds is 5. The van der Waals surface area contributed by atoms with Crippen molar-refractivity contribution < 1.29 is 10.0 Å². The highest BCUT2D eigenvalue weighted by atomic mass is 35.5. The Bertz CT molecular complexity index is 631. The van der Waals surface area contributed by atoms with Crippen LogP contribution in [0.2, 0.25) is 5.02 Å². The van der Waals surface area contributed by atoms with Crippen LogP contribution < -0.4 is 0 Å². The zero-order valence-electron chi connectivity index (χ0n) is 11.6. The summed E-state index contributed by atoms with van der Waals surface area (Å²) in [7, 11) is 0. The average molecular weight is 306 g/mol. The van der Waals surface area contributed by atoms with Gasteiger partial charge in [0.15, 0.2) is 0 Å². The highest BCUT2D eigenvalue weighted by Gasteiger charge is 2.23. The number of nitro groups is 1. The molecule has 2 atom stereocenters. The summed E-state index contributed by atoms with van der Waals surface area (Å²) < 4.78 is 0. The normalized spacial score (nSPS) is 13.7. The van der Waals surface area contributed by atoms with Crippen molar-refractivity contribution in [2.24, 2.45) is 5.92 Å². The largest absolute Gasteiger partial charge is 0.388 e. The van der Waals surface area contributed by atoms with E-state index < -0.39 is 11.0 Å². The van der Waals surface area contributed by atoms with Gasteiger partial charge >= 0.3 is 0 Å². The molecule has 2 aromatic carbocycles. The topological polar surface area (TPSA) is 63.4 Å². The van der Waals surface area contributed by atoms with E-state index in [0.717, 1.165) is 5.56 Å². The van der Waals surface area contributed by atoms with Crippen molar-refractivity contribution in [1.29, 1.82) is 0 Å². The highest BCUT2D eigenvalue weighted by molar-refractivity contribution is 6.31. The van der Waals surface area contributed by atoms with E-state index in [1.165, 1.54) is 6.07 Å². The summed E-state index contributed by atoms with van der Waals surface area (Å²) in [6.45, 7) is 1.85. The van der Waals surface area contributed by atoms with Gasteiger partial charge in [0.2, 0.25) is 0 Å². The Kier molecular flexibility index (Phi) is 4.94. The van der Waals surface area contributed by atoms with Crippen LogP contribution in [0, 0.1) is 16.0 Å². The predicted molar refractivity (Wildman–Crippen MR) is 82.4 cm³/mol. The lowest BCUT2D eigenvalue weighted by molar-refractivity contribution is -0.385. The molecule has 2 rings (SSSR count). The van der Waals surface area contributed by atoms with Gasteiger partial charge in [0.1, 0.15) is 0 Å². The summed E-state index contributed by atoms with van der Waals surface area (Å²) in [6, 6.07) is 13.9. The summed E-state index contributed by atoms with van der Waals surface area (Å²) in [5.74, 6) is -0.189. The number of aliphatic hydroxyl groups excluding tert-OH is 1. The fraction of sp³-hybridized carbons (Fsp3) is 0.250. The fourth-order valence-corrected chi connectivity index (χ4v) is 2.58. The summed E-state index contributed by atoms with van der Waals surface area (Å²) in [5, 5.41) is 21.8. The Hall–Kier alpha value is -1.91. The predicted octanol–water partition coefficient (Wildman–Crippen LogP) is 4.16. The first kappa shape index (κ1) is 15.5. The first-order valence-electron chi connectivity index (χ1n) is 6.65. The van der Waals surface area contributed by atoms with Crippen molar-refractivity contribution in [3.8, 4) is 0 Å². The van der Waals surface area contributed by atoms with E-state index in [1.807, 2.05) is 37.3 Å². The third-order valence-corrected chi connectivity index (χ3v) is 3.85. The van der Waals surface area contributed by atoms with Crippen LogP contribution in [0.25, 0.3) is 0 Å². The molecule has 0 amide bonds. The Labute approximate surface area is 128 Å². The van der Waals surface area contributed by atoms with Crippen LogP contribution in [-0.4, -0.2) is 10.0 Å². The Balaban J connectivity index is 2.24. The molecule has 1 N–H and O–H groups in total. The molecule has 2 unspecified atom stereocenters. The van der Waals surface area contributed by atoms with Crippen LogP contribution in [0.4, 0.5) is 5.69 Å². The summed E-state index contributed by atoms with van der Waals surface area (Å²) in [4.78, 5) is 10.6. The van der Waals surface area contributed by atoms with E-state index in [4.69, 9.17) is 11.6 Å². The van der Waals surface area contributed by atoms with Crippen molar-refractivity contribution in [3.05, 3.63) is 74.8 Å². The second-order valence-corrected chi connectivity index (χ2v) is 5.44. The lowest BCUT2D eigenvalue weighted by atomic mass is 9.91. The van der Waals surface area contributed by atoms with Gasteiger partial charge in [0, 0.05) is 11.6 Å². The number of nitro benzene ring substituents is 1. The molecule has 110 valence electrons. The molecule has 0 saturated heterocycles. The van der Waals surface area contributed by atoms with Gasteiger partial charge in [0.25, 0.3) is 5.69 Å². The first-order chi connectivity index (χ1) is 10.0. The van der Waals surface area contributed by atoms with Gasteiger partial charge in [-0.1, -0.05) is 54.9 Å². The van der Waals surface area contributed by atoms with Gasteiger partial charge in [-0.3, -0.25) is 10.1 Å². The molecule has 4 nitrogen and oxygen atoms in total. The van der Waals surface area contributed by atoms with Gasteiger partial charge in [-0.05, 0) is 24.0 Å². The molecular weight excluding hydrogens is 290 g/mol. The quantitative estimate of drug-likeness (QED) is 0.666. The maximum Gasteiger partial charge on any atom is 0.274 e. The zero-order valence-corrected chi connectivity index (χ0v) is 12.3. The van der Waals surface area contributed by atoms with Gasteiger partial charge < -0.3 is 5.11 Å². The molecule has 5 heteroatoms. The maximum absolute atomic E-state index is 11.1. The Morgan fingerprint density at radius 1 is 1.19 bits per heavy atom. The molecule has 0 aromatic heterocycles. The number of hydrogen-bond acceptors (Lipinski definition) is 3. The van der Waals surface area contributed by atoms with Crippen LogP contribution in [0.15, 0.2) is 48.5 Å². The molecule has 0 aliphatic carbocycles. The van der Waals surface area contributed by atoms with Crippen LogP contribution in [0.1, 0.15) is 24.2 Å². The van der Waals surface area contributed by atoms with Crippen LogP contribution in [0.3, 0.4) is 0 Å². The Morgan fingerprint density at radius 2 is 1.86 bits per heavy atom. The van der Waals surface area contributed by atoms with Gasteiger partial charge in [-0.25, -0.2) is 0 Å². The third-order valence-electron chi connectivity index (χ3n) is 3.50. The van der Waals surface area contributed by atoms with E-state index in [1.54, 1.807) is 12.1 Å². The zero-order chi connectivity index (χ0) is 15.4. The molecule has 0 fully saturated rings. The summed E-state index contributed by atoms with van der Waals surface area (Å²) >= 11 is 6.08. The van der Waals surface area contributed by atoms with Crippen molar-refractivity contribution >= 4 is 17.3 Å². The first-order valence-corrected chi connectivity index (χ1v) is 7.03. The Morgan fingerprint density at radius 3 is 2.48 bits per heavy atom. The third kappa shape index (κ3) is 3.60. The van der Waals surface area contributed by atoms with E-state index >= 15 is 0 Å². The van der Waals surface area contributed by atoms with Gasteiger partial charge in [0.05, 0.1) is 16.0 Å². The van der Waals surface area contributed by atoms with E-state index in [2.05, 4.69) is 0 Å². The van der Waals surface area contributed by atoms with Crippen LogP contribution in [0.5, 0.6) is 0 Å². The molecule has 0 bridgehead atoms. The number of aliphatic hydroxyl groups is 1. The van der Waals surface area contributed by atoms with Crippen molar-refractivity contribution in [2.75, 3.05) is 0 Å². The summed E-state index contributed by atoms with van der Waals surface area (Å²) in [6.07, 6.45) is -0.353. The SMILES string of the molecule is CC(Cc1c(Cl)cccc1[N+](=O)[O-])C(O)c1ccccc1. The van der Waals surface area contributed by atoms with E-state index in [-0.39, 0.29) is 11.6 Å². The number of hydrogen-bond donors (Lipinski definition) is 1. The molecule has 0 spiro atoms. The molecule has 21 heavy (non-hydrogen) atoms. The number of nitrogens with zero attached hydrogens (tertiary/aromatic N) is 1. The minimum absolute atomic E-state index is 0.00499. The molecule has 0 aliphatic heterocycles. The maximum atomic E-state index is 11.1. The lowest BCUT2D eigenvalue weighted by Gasteiger charge is -2.19. The molecule has 0 aliphatic rings. The highest BCUT2D eigenvalue weighted by Crippen LogP contribution is 2.32. The van der Waals surface area contributed by atoms with Crippen LogP contribution >= 0.6 is 11.6 Å². The lowest BCUT2D eigenvalue weighted by Crippen LogP contribution is -2.13. The second-order valence-electron chi connectivity index (χ2n) is 5.03. The summed E-state index contributed by atoms with van der Waals surface area (Å²) in [5.41, 5.74) is 1.25. The van der Waals surface area contributed by atoms with E-state index in [9.17, 15) is 15.2 Å². The van der Waals surface area contributed by atoms with Crippen molar-refractivity contribution in [1.82, 2.24) is 0 Å². The van der Waals surface area contributed by atoms with Gasteiger partial charge in [-0.2, -0.15) is 0 Å². The van der Waals surface area contributed by atoms with Crippen LogP contribution in [-0.2, 0) is 6.42 Å². The number of benzene rings is 2. The van der Waals surface area contributed by atoms with Gasteiger partial charge in [-0.15, -0.1) is 0 Å². The van der Waals surface area contributed by atoms with Crippen molar-refractivity contribution in [3.63, 3.8) is 0 Å². The van der Waals surface area contributed by atoms with Crippen molar-refractivity contribution in [2.45, 2.75) is 19.4 Å². The molecule has 2 aromatic rings. The molecule has 0 heterocycles. The minimum atomic E-state index is -0.693. The fourth-order valence-electron chi connectivity index (χ4n) is 2.33. The standard InChI is InChI=1S/C16H16ClNO3/c1-11(16(19)12-6-3-2-4-7-12)10-13-14(17)8-5-9-15(13)18(20)21/h2-9,11,16,19H,10H2,1H3. The molecular formula is C16H16ClNO3. The minimum Gasteiger partial charge on any atom is -0.388 e.